The molecule has 0 aliphatic heterocycles. The van der Waals surface area contributed by atoms with Crippen LogP contribution in [0.1, 0.15) is 32.3 Å². The Balaban J connectivity index is 2.57. The summed E-state index contributed by atoms with van der Waals surface area (Å²) in [7, 11) is 0. The lowest BCUT2D eigenvalue weighted by atomic mass is 9.76. The summed E-state index contributed by atoms with van der Waals surface area (Å²) in [6.45, 7) is 7.29. The predicted octanol–water partition coefficient (Wildman–Crippen LogP) is 3.52. The first-order valence-corrected chi connectivity index (χ1v) is 5.70. The van der Waals surface area contributed by atoms with Gasteiger partial charge in [-0.25, -0.2) is 0 Å². The van der Waals surface area contributed by atoms with E-state index in [1.807, 2.05) is 6.07 Å². The Hall–Kier alpha value is -1.28. The molecule has 1 aromatic carbocycles. The minimum atomic E-state index is 0.149. The fraction of sp³-hybridized carbons (Fsp3) is 0.429. The lowest BCUT2D eigenvalue weighted by Crippen LogP contribution is -2.26. The standard InChI is InChI=1S/C14H19NO/c1-14(2,3)12(9-15)11-6-4-5-10-7-8-16-13(10)11/h4-8,12H,9,15H2,1-3H3. The Labute approximate surface area is 96.4 Å². The molecule has 16 heavy (non-hydrogen) atoms. The van der Waals surface area contributed by atoms with Crippen LogP contribution in [0.25, 0.3) is 11.0 Å². The molecule has 86 valence electrons. The van der Waals surface area contributed by atoms with Crippen LogP contribution in [0, 0.1) is 5.41 Å². The summed E-state index contributed by atoms with van der Waals surface area (Å²) in [5.41, 5.74) is 8.26. The van der Waals surface area contributed by atoms with E-state index in [1.165, 1.54) is 5.56 Å². The normalized spacial score (nSPS) is 14.2. The molecule has 0 bridgehead atoms. The topological polar surface area (TPSA) is 39.2 Å². The molecular formula is C14H19NO. The van der Waals surface area contributed by atoms with Gasteiger partial charge in [0.05, 0.1) is 6.26 Å². The smallest absolute Gasteiger partial charge is 0.137 e. The molecule has 1 aromatic heterocycles. The van der Waals surface area contributed by atoms with Gasteiger partial charge in [-0.2, -0.15) is 0 Å². The van der Waals surface area contributed by atoms with Gasteiger partial charge in [-0.3, -0.25) is 0 Å². The van der Waals surface area contributed by atoms with Crippen molar-refractivity contribution in [3.8, 4) is 0 Å². The lowest BCUT2D eigenvalue weighted by Gasteiger charge is -2.30. The van der Waals surface area contributed by atoms with Gasteiger partial charge in [0, 0.05) is 16.9 Å². The van der Waals surface area contributed by atoms with Gasteiger partial charge < -0.3 is 10.2 Å². The molecule has 2 aromatic rings. The summed E-state index contributed by atoms with van der Waals surface area (Å²) in [6.07, 6.45) is 1.74. The van der Waals surface area contributed by atoms with Gasteiger partial charge in [-0.15, -0.1) is 0 Å². The summed E-state index contributed by atoms with van der Waals surface area (Å²) in [4.78, 5) is 0. The van der Waals surface area contributed by atoms with Crippen molar-refractivity contribution in [2.45, 2.75) is 26.7 Å². The molecular weight excluding hydrogens is 198 g/mol. The number of fused-ring (bicyclic) bond motifs is 1. The summed E-state index contributed by atoms with van der Waals surface area (Å²) in [5.74, 6) is 0.322. The quantitative estimate of drug-likeness (QED) is 0.836. The van der Waals surface area contributed by atoms with E-state index in [2.05, 4.69) is 39.0 Å². The number of benzene rings is 1. The highest BCUT2D eigenvalue weighted by molar-refractivity contribution is 5.80. The summed E-state index contributed by atoms with van der Waals surface area (Å²) in [5, 5.41) is 1.15. The van der Waals surface area contributed by atoms with E-state index in [0.717, 1.165) is 11.0 Å². The molecule has 0 spiro atoms. The number of para-hydroxylation sites is 1. The second-order valence-corrected chi connectivity index (χ2v) is 5.34. The number of rotatable bonds is 2. The molecule has 0 saturated heterocycles. The molecule has 2 rings (SSSR count). The van der Waals surface area contributed by atoms with E-state index in [9.17, 15) is 0 Å². The third kappa shape index (κ3) is 1.85. The Morgan fingerprint density at radius 3 is 2.62 bits per heavy atom. The molecule has 0 aliphatic carbocycles. The molecule has 2 nitrogen and oxygen atoms in total. The SMILES string of the molecule is CC(C)(C)C(CN)c1cccc2ccoc12. The maximum absolute atomic E-state index is 5.91. The Morgan fingerprint density at radius 1 is 1.25 bits per heavy atom. The van der Waals surface area contributed by atoms with Gasteiger partial charge in [0.2, 0.25) is 0 Å². The Kier molecular flexibility index (Phi) is 2.76. The van der Waals surface area contributed by atoms with Gasteiger partial charge in [0.15, 0.2) is 0 Å². The molecule has 0 aliphatic rings. The van der Waals surface area contributed by atoms with Gasteiger partial charge >= 0.3 is 0 Å². The average molecular weight is 217 g/mol. The monoisotopic (exact) mass is 217 g/mol. The third-order valence-electron chi connectivity index (χ3n) is 3.17. The summed E-state index contributed by atoms with van der Waals surface area (Å²) >= 11 is 0. The van der Waals surface area contributed by atoms with E-state index in [-0.39, 0.29) is 5.41 Å². The van der Waals surface area contributed by atoms with Crippen LogP contribution in [0.5, 0.6) is 0 Å². The second-order valence-electron chi connectivity index (χ2n) is 5.34. The second kappa shape index (κ2) is 3.95. The van der Waals surface area contributed by atoms with Crippen LogP contribution in [0.3, 0.4) is 0 Å². The maximum Gasteiger partial charge on any atom is 0.137 e. The van der Waals surface area contributed by atoms with Crippen LogP contribution in [0.15, 0.2) is 34.9 Å². The predicted molar refractivity (Wildman–Crippen MR) is 67.5 cm³/mol. The van der Waals surface area contributed by atoms with E-state index in [1.54, 1.807) is 6.26 Å². The fourth-order valence-corrected chi connectivity index (χ4v) is 2.24. The zero-order valence-electron chi connectivity index (χ0n) is 10.2. The molecule has 0 saturated carbocycles. The van der Waals surface area contributed by atoms with Crippen molar-refractivity contribution in [2.24, 2.45) is 11.1 Å². The summed E-state index contributed by atoms with van der Waals surface area (Å²) in [6, 6.07) is 8.25. The van der Waals surface area contributed by atoms with Gasteiger partial charge in [0.1, 0.15) is 5.58 Å². The highest BCUT2D eigenvalue weighted by Crippen LogP contribution is 2.37. The molecule has 1 atom stereocenters. The minimum absolute atomic E-state index is 0.149. The molecule has 0 fully saturated rings. The molecule has 0 radical (unpaired) electrons. The van der Waals surface area contributed by atoms with Crippen molar-refractivity contribution >= 4 is 11.0 Å². The van der Waals surface area contributed by atoms with E-state index in [0.29, 0.717) is 12.5 Å². The van der Waals surface area contributed by atoms with Crippen LogP contribution in [0.4, 0.5) is 0 Å². The molecule has 2 N–H and O–H groups in total. The number of nitrogens with two attached hydrogens (primary N) is 1. The fourth-order valence-electron chi connectivity index (χ4n) is 2.24. The van der Waals surface area contributed by atoms with Crippen molar-refractivity contribution in [1.29, 1.82) is 0 Å². The minimum Gasteiger partial charge on any atom is -0.464 e. The largest absolute Gasteiger partial charge is 0.464 e. The first-order valence-electron chi connectivity index (χ1n) is 5.70. The van der Waals surface area contributed by atoms with Crippen molar-refractivity contribution in [3.05, 3.63) is 36.1 Å². The molecule has 0 amide bonds. The van der Waals surface area contributed by atoms with Crippen LogP contribution >= 0.6 is 0 Å². The molecule has 1 unspecified atom stereocenters. The van der Waals surface area contributed by atoms with Crippen LogP contribution < -0.4 is 5.73 Å². The average Bonchev–Trinajstić information content (AvgIpc) is 2.65. The van der Waals surface area contributed by atoms with Crippen molar-refractivity contribution in [3.63, 3.8) is 0 Å². The van der Waals surface area contributed by atoms with Gasteiger partial charge in [-0.05, 0) is 18.0 Å². The van der Waals surface area contributed by atoms with Crippen molar-refractivity contribution in [1.82, 2.24) is 0 Å². The maximum atomic E-state index is 5.91. The number of furan rings is 1. The third-order valence-corrected chi connectivity index (χ3v) is 3.17. The summed E-state index contributed by atoms with van der Waals surface area (Å²) < 4.78 is 5.57. The van der Waals surface area contributed by atoms with Crippen LogP contribution in [-0.2, 0) is 0 Å². The van der Waals surface area contributed by atoms with Crippen LogP contribution in [0.2, 0.25) is 0 Å². The zero-order valence-corrected chi connectivity index (χ0v) is 10.2. The van der Waals surface area contributed by atoms with Gasteiger partial charge in [0.25, 0.3) is 0 Å². The Morgan fingerprint density at radius 2 is 2.00 bits per heavy atom. The zero-order chi connectivity index (χ0) is 11.8. The van der Waals surface area contributed by atoms with Gasteiger partial charge in [-0.1, -0.05) is 39.0 Å². The van der Waals surface area contributed by atoms with Crippen molar-refractivity contribution in [2.75, 3.05) is 6.54 Å². The molecule has 1 heterocycles. The van der Waals surface area contributed by atoms with Crippen molar-refractivity contribution < 1.29 is 4.42 Å². The van der Waals surface area contributed by atoms with E-state index in [4.69, 9.17) is 10.2 Å². The first kappa shape index (κ1) is 11.2. The lowest BCUT2D eigenvalue weighted by molar-refractivity contribution is 0.325. The number of hydrogen-bond donors (Lipinski definition) is 1. The first-order chi connectivity index (χ1) is 7.54. The highest BCUT2D eigenvalue weighted by Gasteiger charge is 2.27. The number of hydrogen-bond acceptors (Lipinski definition) is 2. The van der Waals surface area contributed by atoms with E-state index >= 15 is 0 Å². The Bertz CT molecular complexity index is 479. The van der Waals surface area contributed by atoms with E-state index < -0.39 is 0 Å². The van der Waals surface area contributed by atoms with Crippen LogP contribution in [-0.4, -0.2) is 6.54 Å². The highest BCUT2D eigenvalue weighted by atomic mass is 16.3. The molecule has 2 heteroatoms.